The lowest BCUT2D eigenvalue weighted by Crippen LogP contribution is -2.05. The number of benzene rings is 2. The zero-order chi connectivity index (χ0) is 21.9. The molecule has 0 radical (unpaired) electrons. The molecule has 0 saturated carbocycles. The fourth-order valence-corrected chi connectivity index (χ4v) is 3.89. The van der Waals surface area contributed by atoms with E-state index in [0.717, 1.165) is 28.3 Å². The van der Waals surface area contributed by atoms with Crippen molar-refractivity contribution < 1.29 is 27.8 Å². The number of carboxylic acids is 1. The number of hydrogen-bond donors (Lipinski definition) is 1. The first-order chi connectivity index (χ1) is 14.1. The summed E-state index contributed by atoms with van der Waals surface area (Å²) in [6.45, 7) is 4.16. The summed E-state index contributed by atoms with van der Waals surface area (Å²) >= 11 is 1.43. The van der Waals surface area contributed by atoms with E-state index < -0.39 is 17.7 Å². The van der Waals surface area contributed by atoms with E-state index in [1.807, 2.05) is 19.9 Å². The molecule has 0 saturated heterocycles. The van der Waals surface area contributed by atoms with Gasteiger partial charge in [-0.1, -0.05) is 24.3 Å². The first kappa shape index (κ1) is 21.8. The maximum absolute atomic E-state index is 12.7. The molecule has 0 fully saturated rings. The van der Waals surface area contributed by atoms with Crippen molar-refractivity contribution >= 4 is 17.3 Å². The maximum Gasteiger partial charge on any atom is 0.416 e. The molecule has 1 heterocycles. The van der Waals surface area contributed by atoms with Gasteiger partial charge in [-0.2, -0.15) is 13.2 Å². The first-order valence-corrected chi connectivity index (χ1v) is 10.0. The highest BCUT2D eigenvalue weighted by Gasteiger charge is 2.30. The van der Waals surface area contributed by atoms with Crippen molar-refractivity contribution in [3.8, 4) is 16.3 Å². The van der Waals surface area contributed by atoms with Crippen LogP contribution >= 0.6 is 11.3 Å². The van der Waals surface area contributed by atoms with Gasteiger partial charge >= 0.3 is 12.1 Å². The van der Waals surface area contributed by atoms with E-state index in [9.17, 15) is 18.0 Å². The van der Waals surface area contributed by atoms with Crippen molar-refractivity contribution in [2.24, 2.45) is 0 Å². The van der Waals surface area contributed by atoms with Gasteiger partial charge in [0.15, 0.2) is 0 Å². The smallest absolute Gasteiger partial charge is 0.416 e. The molecule has 30 heavy (non-hydrogen) atoms. The van der Waals surface area contributed by atoms with Crippen LogP contribution in [-0.4, -0.2) is 22.7 Å². The second-order valence-electron chi connectivity index (χ2n) is 6.87. The molecule has 3 aromatic rings. The number of carbonyl (C=O) groups is 1. The van der Waals surface area contributed by atoms with Gasteiger partial charge in [-0.25, -0.2) is 4.98 Å². The Morgan fingerprint density at radius 1 is 1.13 bits per heavy atom. The van der Waals surface area contributed by atoms with Crippen molar-refractivity contribution in [3.05, 3.63) is 69.7 Å². The van der Waals surface area contributed by atoms with Crippen LogP contribution < -0.4 is 4.74 Å². The van der Waals surface area contributed by atoms with Crippen LogP contribution in [-0.2, 0) is 23.8 Å². The van der Waals surface area contributed by atoms with E-state index in [0.29, 0.717) is 34.9 Å². The molecule has 3 rings (SSSR count). The topological polar surface area (TPSA) is 59.4 Å². The number of nitrogens with zero attached hydrogens (tertiary/aromatic N) is 1. The van der Waals surface area contributed by atoms with Crippen molar-refractivity contribution in [2.75, 3.05) is 6.61 Å². The third kappa shape index (κ3) is 5.38. The van der Waals surface area contributed by atoms with Crippen molar-refractivity contribution in [2.45, 2.75) is 32.9 Å². The van der Waals surface area contributed by atoms with E-state index in [-0.39, 0.29) is 6.42 Å². The second-order valence-corrected chi connectivity index (χ2v) is 8.07. The minimum atomic E-state index is -4.36. The number of rotatable bonds is 7. The fourth-order valence-electron chi connectivity index (χ4n) is 2.93. The summed E-state index contributed by atoms with van der Waals surface area (Å²) in [6, 6.07) is 10.3. The second kappa shape index (κ2) is 8.87. The van der Waals surface area contributed by atoms with E-state index in [2.05, 4.69) is 4.98 Å². The average Bonchev–Trinajstić information content (AvgIpc) is 3.04. The van der Waals surface area contributed by atoms with Crippen molar-refractivity contribution in [3.63, 3.8) is 0 Å². The van der Waals surface area contributed by atoms with Crippen LogP contribution in [0.3, 0.4) is 0 Å². The van der Waals surface area contributed by atoms with Gasteiger partial charge in [-0.05, 0) is 43.2 Å². The molecule has 0 unspecified atom stereocenters. The van der Waals surface area contributed by atoms with Crippen LogP contribution in [0.15, 0.2) is 42.5 Å². The maximum atomic E-state index is 12.7. The predicted octanol–water partition coefficient (Wildman–Crippen LogP) is 5.69. The highest BCUT2D eigenvalue weighted by Crippen LogP contribution is 2.33. The van der Waals surface area contributed by atoms with Gasteiger partial charge in [-0.15, -0.1) is 11.3 Å². The number of carboxylic acid groups (broad SMARTS) is 1. The molecule has 1 aromatic heterocycles. The van der Waals surface area contributed by atoms with Crippen LogP contribution in [0.25, 0.3) is 10.6 Å². The van der Waals surface area contributed by atoms with Gasteiger partial charge < -0.3 is 9.84 Å². The summed E-state index contributed by atoms with van der Waals surface area (Å²) in [7, 11) is 0. The lowest BCUT2D eigenvalue weighted by atomic mass is 10.1. The predicted molar refractivity (Wildman–Crippen MR) is 109 cm³/mol. The summed E-state index contributed by atoms with van der Waals surface area (Å²) < 4.78 is 44.0. The average molecular weight is 435 g/mol. The standard InChI is InChI=1S/C22H20F3NO3S/c1-13-3-4-15(12-20(27)28)11-19(13)29-10-9-18-14(2)30-21(26-18)16-5-7-17(8-6-16)22(23,24)25/h3-8,11H,9-10,12H2,1-2H3,(H,27,28). The number of aryl methyl sites for hydroxylation is 2. The monoisotopic (exact) mass is 435 g/mol. The van der Waals surface area contributed by atoms with Gasteiger partial charge in [0.25, 0.3) is 0 Å². The fraction of sp³-hybridized carbons (Fsp3) is 0.273. The molecule has 1 N–H and O–H groups in total. The molecule has 4 nitrogen and oxygen atoms in total. The van der Waals surface area contributed by atoms with Gasteiger partial charge in [0, 0.05) is 16.9 Å². The summed E-state index contributed by atoms with van der Waals surface area (Å²) in [5.74, 6) is -0.275. The molecule has 0 aliphatic heterocycles. The zero-order valence-electron chi connectivity index (χ0n) is 16.4. The van der Waals surface area contributed by atoms with E-state index in [4.69, 9.17) is 9.84 Å². The molecule has 8 heteroatoms. The number of alkyl halides is 3. The number of halogens is 3. The lowest BCUT2D eigenvalue weighted by Gasteiger charge is -2.10. The lowest BCUT2D eigenvalue weighted by molar-refractivity contribution is -0.138. The summed E-state index contributed by atoms with van der Waals surface area (Å²) in [6.07, 6.45) is -3.90. The van der Waals surface area contributed by atoms with Crippen molar-refractivity contribution in [1.82, 2.24) is 4.98 Å². The Morgan fingerprint density at radius 2 is 1.83 bits per heavy atom. The highest BCUT2D eigenvalue weighted by molar-refractivity contribution is 7.15. The Balaban J connectivity index is 1.66. The molecular formula is C22H20F3NO3S. The molecule has 0 aliphatic carbocycles. The van der Waals surface area contributed by atoms with E-state index in [1.165, 1.54) is 23.5 Å². The SMILES string of the molecule is Cc1ccc(CC(=O)O)cc1OCCc1nc(-c2ccc(C(F)(F)F)cc2)sc1C. The van der Waals surface area contributed by atoms with Crippen LogP contribution in [0.4, 0.5) is 13.2 Å². The normalized spacial score (nSPS) is 11.5. The Labute approximate surface area is 176 Å². The molecule has 2 aromatic carbocycles. The molecule has 0 bridgehead atoms. The molecule has 0 aliphatic rings. The molecule has 158 valence electrons. The van der Waals surface area contributed by atoms with Crippen LogP contribution in [0, 0.1) is 13.8 Å². The minimum absolute atomic E-state index is 0.0711. The van der Waals surface area contributed by atoms with Crippen molar-refractivity contribution in [1.29, 1.82) is 0 Å². The third-order valence-corrected chi connectivity index (χ3v) is 5.62. The Morgan fingerprint density at radius 3 is 2.47 bits per heavy atom. The van der Waals surface area contributed by atoms with Gasteiger partial charge in [0.2, 0.25) is 0 Å². The Bertz CT molecular complexity index is 1040. The first-order valence-electron chi connectivity index (χ1n) is 9.21. The quantitative estimate of drug-likeness (QED) is 0.518. The van der Waals surface area contributed by atoms with Gasteiger partial charge in [0.1, 0.15) is 10.8 Å². The van der Waals surface area contributed by atoms with Crippen LogP contribution in [0.5, 0.6) is 5.75 Å². The molecule has 0 atom stereocenters. The number of aromatic nitrogens is 1. The Hall–Kier alpha value is -2.87. The number of ether oxygens (including phenoxy) is 1. The van der Waals surface area contributed by atoms with Gasteiger partial charge in [-0.3, -0.25) is 4.79 Å². The van der Waals surface area contributed by atoms with E-state index in [1.54, 1.807) is 12.1 Å². The minimum Gasteiger partial charge on any atom is -0.493 e. The summed E-state index contributed by atoms with van der Waals surface area (Å²) in [5, 5.41) is 9.59. The highest BCUT2D eigenvalue weighted by atomic mass is 32.1. The molecular weight excluding hydrogens is 415 g/mol. The summed E-state index contributed by atoms with van der Waals surface area (Å²) in [4.78, 5) is 16.4. The molecule has 0 amide bonds. The molecule has 0 spiro atoms. The largest absolute Gasteiger partial charge is 0.493 e. The van der Waals surface area contributed by atoms with Crippen LogP contribution in [0.1, 0.15) is 27.3 Å². The van der Waals surface area contributed by atoms with E-state index >= 15 is 0 Å². The summed E-state index contributed by atoms with van der Waals surface area (Å²) in [5.41, 5.74) is 2.35. The zero-order valence-corrected chi connectivity index (χ0v) is 17.2. The number of thiazole rings is 1. The van der Waals surface area contributed by atoms with Crippen LogP contribution in [0.2, 0.25) is 0 Å². The third-order valence-electron chi connectivity index (χ3n) is 4.56. The van der Waals surface area contributed by atoms with Gasteiger partial charge in [0.05, 0.1) is 24.3 Å². The number of hydrogen-bond acceptors (Lipinski definition) is 4. The number of aliphatic carboxylic acids is 1. The Kier molecular flexibility index (Phi) is 6.45.